The Bertz CT molecular complexity index is 775. The molecule has 2 N–H and O–H groups in total. The van der Waals surface area contributed by atoms with Gasteiger partial charge in [0, 0.05) is 44.8 Å². The number of piperazine rings is 1. The van der Waals surface area contributed by atoms with Crippen molar-refractivity contribution in [3.8, 4) is 0 Å². The van der Waals surface area contributed by atoms with Gasteiger partial charge in [0.05, 0.1) is 12.6 Å². The Labute approximate surface area is 160 Å². The normalized spacial score (nSPS) is 19.7. The maximum atomic E-state index is 12.6. The molecule has 1 aliphatic heterocycles. The number of carbonyl (C=O) groups excluding carboxylic acids is 1. The van der Waals surface area contributed by atoms with E-state index in [1.165, 1.54) is 17.5 Å². The highest BCUT2D eigenvalue weighted by atomic mass is 35.5. The van der Waals surface area contributed by atoms with E-state index in [0.29, 0.717) is 6.54 Å². The molecular formula is C19H26ClN5O. The highest BCUT2D eigenvalue weighted by Crippen LogP contribution is 2.25. The monoisotopic (exact) mass is 375 g/mol. The van der Waals surface area contributed by atoms with E-state index in [1.54, 1.807) is 0 Å². The Balaban J connectivity index is 0.00000196. The molecule has 1 aromatic carbocycles. The largest absolute Gasteiger partial charge is 0.337 e. The topological polar surface area (TPSA) is 62.2 Å². The number of nitrogens with zero attached hydrogens (tertiary/aromatic N) is 3. The van der Waals surface area contributed by atoms with Crippen molar-refractivity contribution in [3.05, 3.63) is 47.5 Å². The van der Waals surface area contributed by atoms with E-state index >= 15 is 0 Å². The van der Waals surface area contributed by atoms with Crippen LogP contribution in [0.1, 0.15) is 29.4 Å². The first-order chi connectivity index (χ1) is 12.2. The summed E-state index contributed by atoms with van der Waals surface area (Å²) in [5.74, 6) is 1.04. The van der Waals surface area contributed by atoms with E-state index in [9.17, 15) is 4.79 Å². The Kier molecular flexibility index (Phi) is 5.96. The molecular weight excluding hydrogens is 350 g/mol. The summed E-state index contributed by atoms with van der Waals surface area (Å²) in [5, 5.41) is 6.48. The molecule has 2 aromatic rings. The van der Waals surface area contributed by atoms with Crippen molar-refractivity contribution >= 4 is 24.0 Å². The summed E-state index contributed by atoms with van der Waals surface area (Å²) in [5.41, 5.74) is 3.72. The highest BCUT2D eigenvalue weighted by Gasteiger charge is 2.28. The van der Waals surface area contributed by atoms with Gasteiger partial charge in [-0.2, -0.15) is 0 Å². The Morgan fingerprint density at radius 1 is 1.35 bits per heavy atom. The summed E-state index contributed by atoms with van der Waals surface area (Å²) in [6.45, 7) is 2.94. The summed E-state index contributed by atoms with van der Waals surface area (Å²) in [7, 11) is 2.00. The number of aryl methyl sites for hydroxylation is 3. The summed E-state index contributed by atoms with van der Waals surface area (Å²) in [6, 6.07) is 6.43. The molecule has 0 radical (unpaired) electrons. The van der Waals surface area contributed by atoms with E-state index in [1.807, 2.05) is 30.1 Å². The first-order valence-electron chi connectivity index (χ1n) is 9.04. The maximum Gasteiger partial charge on any atom is 0.238 e. The lowest BCUT2D eigenvalue weighted by molar-refractivity contribution is -0.118. The van der Waals surface area contributed by atoms with Crippen molar-refractivity contribution in [2.24, 2.45) is 7.05 Å². The molecule has 1 fully saturated rings. The molecule has 26 heavy (non-hydrogen) atoms. The number of hydrogen-bond acceptors (Lipinski definition) is 4. The Morgan fingerprint density at radius 3 is 3.00 bits per heavy atom. The molecule has 7 heteroatoms. The summed E-state index contributed by atoms with van der Waals surface area (Å²) >= 11 is 0. The predicted octanol–water partition coefficient (Wildman–Crippen LogP) is 1.92. The minimum absolute atomic E-state index is 0. The van der Waals surface area contributed by atoms with E-state index in [4.69, 9.17) is 0 Å². The van der Waals surface area contributed by atoms with Gasteiger partial charge in [0.15, 0.2) is 0 Å². The SMILES string of the molecule is Cl.Cn1ccnc1C1CNCCN1CC(=O)Nc1ccc2c(c1)CCC2. The molecule has 0 spiro atoms. The van der Waals surface area contributed by atoms with Gasteiger partial charge in [0.1, 0.15) is 5.82 Å². The summed E-state index contributed by atoms with van der Waals surface area (Å²) in [6.07, 6.45) is 7.27. The van der Waals surface area contributed by atoms with Crippen molar-refractivity contribution in [2.75, 3.05) is 31.5 Å². The molecule has 2 aliphatic rings. The average Bonchev–Trinajstić information content (AvgIpc) is 3.23. The first-order valence-corrected chi connectivity index (χ1v) is 9.04. The Morgan fingerprint density at radius 2 is 2.19 bits per heavy atom. The van der Waals surface area contributed by atoms with Gasteiger partial charge in [-0.15, -0.1) is 12.4 Å². The number of benzene rings is 1. The highest BCUT2D eigenvalue weighted by molar-refractivity contribution is 5.92. The lowest BCUT2D eigenvalue weighted by Gasteiger charge is -2.35. The molecule has 1 atom stereocenters. The van der Waals surface area contributed by atoms with Crippen LogP contribution in [0.25, 0.3) is 0 Å². The van der Waals surface area contributed by atoms with Crippen LogP contribution in [-0.4, -0.2) is 46.5 Å². The van der Waals surface area contributed by atoms with Crippen molar-refractivity contribution in [2.45, 2.75) is 25.3 Å². The molecule has 1 unspecified atom stereocenters. The fraction of sp³-hybridized carbons (Fsp3) is 0.474. The van der Waals surface area contributed by atoms with Crippen LogP contribution < -0.4 is 10.6 Å². The fourth-order valence-electron chi connectivity index (χ4n) is 3.92. The second-order valence-corrected chi connectivity index (χ2v) is 6.97. The maximum absolute atomic E-state index is 12.6. The summed E-state index contributed by atoms with van der Waals surface area (Å²) in [4.78, 5) is 19.3. The molecule has 1 aromatic heterocycles. The van der Waals surface area contributed by atoms with E-state index in [0.717, 1.165) is 44.0 Å². The lowest BCUT2D eigenvalue weighted by Crippen LogP contribution is -2.49. The number of amides is 1. The quantitative estimate of drug-likeness (QED) is 0.857. The minimum atomic E-state index is 0. The molecule has 0 saturated carbocycles. The number of nitrogens with one attached hydrogen (secondary N) is 2. The second-order valence-electron chi connectivity index (χ2n) is 6.97. The molecule has 1 amide bonds. The van der Waals surface area contributed by atoms with Gasteiger partial charge >= 0.3 is 0 Å². The van der Waals surface area contributed by atoms with Gasteiger partial charge in [-0.1, -0.05) is 6.07 Å². The zero-order valence-electron chi connectivity index (χ0n) is 15.1. The van der Waals surface area contributed by atoms with E-state index in [-0.39, 0.29) is 24.4 Å². The third kappa shape index (κ3) is 3.92. The van der Waals surface area contributed by atoms with Crippen molar-refractivity contribution in [1.29, 1.82) is 0 Å². The van der Waals surface area contributed by atoms with Gasteiger partial charge in [-0.25, -0.2) is 4.98 Å². The minimum Gasteiger partial charge on any atom is -0.337 e. The summed E-state index contributed by atoms with van der Waals surface area (Å²) < 4.78 is 2.03. The predicted molar refractivity (Wildman–Crippen MR) is 105 cm³/mol. The molecule has 6 nitrogen and oxygen atoms in total. The molecule has 2 heterocycles. The Hall–Kier alpha value is -1.89. The van der Waals surface area contributed by atoms with Crippen molar-refractivity contribution in [1.82, 2.24) is 19.8 Å². The smallest absolute Gasteiger partial charge is 0.238 e. The third-order valence-corrected chi connectivity index (χ3v) is 5.24. The second kappa shape index (κ2) is 8.20. The fourth-order valence-corrected chi connectivity index (χ4v) is 3.92. The van der Waals surface area contributed by atoms with Gasteiger partial charge in [0.2, 0.25) is 5.91 Å². The van der Waals surface area contributed by atoms with Crippen LogP contribution in [0.2, 0.25) is 0 Å². The van der Waals surface area contributed by atoms with Gasteiger partial charge in [-0.3, -0.25) is 9.69 Å². The standard InChI is InChI=1S/C19H25N5O.ClH/c1-23-9-8-21-19(23)17-12-20-7-10-24(17)13-18(25)22-16-6-5-14-3-2-4-15(14)11-16;/h5-6,8-9,11,17,20H,2-4,7,10,12-13H2,1H3,(H,22,25);1H. The number of aromatic nitrogens is 2. The molecule has 0 bridgehead atoms. The number of fused-ring (bicyclic) bond motifs is 1. The van der Waals surface area contributed by atoms with Crippen LogP contribution in [-0.2, 0) is 24.7 Å². The van der Waals surface area contributed by atoms with Crippen LogP contribution in [0.5, 0.6) is 0 Å². The molecule has 1 aliphatic carbocycles. The molecule has 140 valence electrons. The lowest BCUT2D eigenvalue weighted by atomic mass is 10.1. The average molecular weight is 376 g/mol. The molecule has 1 saturated heterocycles. The number of halogens is 1. The van der Waals surface area contributed by atoms with Crippen LogP contribution in [0.15, 0.2) is 30.6 Å². The zero-order chi connectivity index (χ0) is 17.2. The van der Waals surface area contributed by atoms with E-state index in [2.05, 4.69) is 32.7 Å². The number of carbonyl (C=O) groups is 1. The van der Waals surface area contributed by atoms with E-state index < -0.39 is 0 Å². The van der Waals surface area contributed by atoms with Gasteiger partial charge in [-0.05, 0) is 42.5 Å². The molecule has 4 rings (SSSR count). The third-order valence-electron chi connectivity index (χ3n) is 5.24. The number of hydrogen-bond donors (Lipinski definition) is 2. The van der Waals surface area contributed by atoms with Crippen LogP contribution in [0, 0.1) is 0 Å². The number of anilines is 1. The van der Waals surface area contributed by atoms with Crippen LogP contribution >= 0.6 is 12.4 Å². The van der Waals surface area contributed by atoms with Crippen LogP contribution in [0.4, 0.5) is 5.69 Å². The zero-order valence-corrected chi connectivity index (χ0v) is 15.9. The van der Waals surface area contributed by atoms with Gasteiger partial charge < -0.3 is 15.2 Å². The van der Waals surface area contributed by atoms with Crippen LogP contribution in [0.3, 0.4) is 0 Å². The van der Waals surface area contributed by atoms with Crippen molar-refractivity contribution in [3.63, 3.8) is 0 Å². The first kappa shape index (κ1) is 18.9. The number of rotatable bonds is 4. The van der Waals surface area contributed by atoms with Gasteiger partial charge in [0.25, 0.3) is 0 Å². The number of imidazole rings is 1. The van der Waals surface area contributed by atoms with Crippen molar-refractivity contribution < 1.29 is 4.79 Å².